The summed E-state index contributed by atoms with van der Waals surface area (Å²) in [6.07, 6.45) is -6.91. The van der Waals surface area contributed by atoms with Crippen molar-refractivity contribution in [2.24, 2.45) is 11.3 Å². The van der Waals surface area contributed by atoms with Gasteiger partial charge in [-0.15, -0.1) is 0 Å². The third kappa shape index (κ3) is 16.0. The second-order valence-electron chi connectivity index (χ2n) is 15.6. The molecular weight excluding hydrogens is 770 g/mol. The maximum atomic E-state index is 13.4. The molecule has 1 aliphatic heterocycles. The number of unbranched alkanes of at least 4 members (excludes halogenated alkanes) is 2. The number of aliphatic hydroxyl groups is 3. The number of carbonyl (C=O) groups excluding carboxylic acids is 3. The molecule has 17 heteroatoms. The highest BCUT2D eigenvalue weighted by Gasteiger charge is 2.48. The number of carboxylic acids is 1. The Morgan fingerprint density at radius 3 is 2.15 bits per heavy atom. The monoisotopic (exact) mass is 833 g/mol. The Kier molecular flexibility index (Phi) is 20.0. The van der Waals surface area contributed by atoms with Gasteiger partial charge in [-0.2, -0.15) is 0 Å². The number of rotatable bonds is 25. The van der Waals surface area contributed by atoms with Crippen LogP contribution in [0.2, 0.25) is 0 Å². The molecular formula is C42H63N3O14. The molecule has 1 amide bonds. The summed E-state index contributed by atoms with van der Waals surface area (Å²) in [6.45, 7) is 13.2. The molecule has 2 aromatic carbocycles. The van der Waals surface area contributed by atoms with Gasteiger partial charge in [-0.1, -0.05) is 38.5 Å². The third-order valence-corrected chi connectivity index (χ3v) is 9.50. The first-order valence-corrected chi connectivity index (χ1v) is 20.0. The topological polar surface area (TPSA) is 241 Å². The number of aliphatic hydroxyl groups excluding tert-OH is 3. The standard InChI is InChI=1S/C42H63N3O14/c1-25(2)39(52)55-24-29-13-16-32(58-40-35(48)33(46)34(47)36(59-40)38(50)51)31(21-29)37(49)45-18-10-8-9-17-44-26(3)22-42(5,6)41(53)56-23-28-11-14-30(15-12-28)57-27(4)54-20-19-43-7/h11-16,21,25-27,33-36,40,43-44,46-48H,8-10,17-20,22-24H2,1-7H3,(H,45,49)(H,50,51)/t26?,27?,33-,34-,35+,36-,40-/m0/s1. The average molecular weight is 834 g/mol. The fourth-order valence-corrected chi connectivity index (χ4v) is 6.10. The lowest BCUT2D eigenvalue weighted by molar-refractivity contribution is -0.271. The predicted molar refractivity (Wildman–Crippen MR) is 214 cm³/mol. The molecule has 2 aromatic rings. The number of esters is 2. The molecule has 0 aromatic heterocycles. The molecule has 3 rings (SSSR count). The van der Waals surface area contributed by atoms with E-state index in [1.807, 2.05) is 59.0 Å². The summed E-state index contributed by atoms with van der Waals surface area (Å²) in [4.78, 5) is 50.0. The van der Waals surface area contributed by atoms with Crippen molar-refractivity contribution in [3.05, 3.63) is 59.2 Å². The van der Waals surface area contributed by atoms with Gasteiger partial charge in [0.05, 0.1) is 23.5 Å². The van der Waals surface area contributed by atoms with Gasteiger partial charge in [0.1, 0.15) is 43.0 Å². The summed E-state index contributed by atoms with van der Waals surface area (Å²) in [6, 6.07) is 11.7. The molecule has 1 fully saturated rings. The highest BCUT2D eigenvalue weighted by atomic mass is 16.7. The number of carboxylic acid groups (broad SMARTS) is 1. The highest BCUT2D eigenvalue weighted by Crippen LogP contribution is 2.29. The zero-order chi connectivity index (χ0) is 43.7. The second kappa shape index (κ2) is 24.0. The van der Waals surface area contributed by atoms with E-state index in [9.17, 15) is 39.6 Å². The van der Waals surface area contributed by atoms with Crippen molar-refractivity contribution >= 4 is 23.8 Å². The quantitative estimate of drug-likeness (QED) is 0.0432. The molecule has 0 saturated carbocycles. The molecule has 0 radical (unpaired) electrons. The van der Waals surface area contributed by atoms with Crippen molar-refractivity contribution in [3.63, 3.8) is 0 Å². The summed E-state index contributed by atoms with van der Waals surface area (Å²) < 4.78 is 33.2. The first-order valence-electron chi connectivity index (χ1n) is 20.0. The number of ether oxygens (including phenoxy) is 6. The number of carbonyl (C=O) groups is 4. The van der Waals surface area contributed by atoms with Crippen LogP contribution in [0.4, 0.5) is 0 Å². The number of nitrogens with one attached hydrogen (secondary N) is 3. The fourth-order valence-electron chi connectivity index (χ4n) is 6.10. The van der Waals surface area contributed by atoms with Crippen molar-refractivity contribution < 1.29 is 68.0 Å². The largest absolute Gasteiger partial charge is 0.479 e. The van der Waals surface area contributed by atoms with Crippen LogP contribution in [0.3, 0.4) is 0 Å². The highest BCUT2D eigenvalue weighted by molar-refractivity contribution is 5.97. The Morgan fingerprint density at radius 2 is 1.49 bits per heavy atom. The molecule has 0 spiro atoms. The zero-order valence-electron chi connectivity index (χ0n) is 35.1. The van der Waals surface area contributed by atoms with Gasteiger partial charge in [0.25, 0.3) is 5.91 Å². The summed E-state index contributed by atoms with van der Waals surface area (Å²) >= 11 is 0. The number of aliphatic carboxylic acids is 1. The van der Waals surface area contributed by atoms with Gasteiger partial charge in [-0.25, -0.2) is 4.79 Å². The van der Waals surface area contributed by atoms with Gasteiger partial charge < -0.3 is 64.8 Å². The van der Waals surface area contributed by atoms with E-state index in [0.717, 1.165) is 24.9 Å². The lowest BCUT2D eigenvalue weighted by Crippen LogP contribution is -2.61. The molecule has 59 heavy (non-hydrogen) atoms. The van der Waals surface area contributed by atoms with Crippen molar-refractivity contribution in [2.75, 3.05) is 33.3 Å². The van der Waals surface area contributed by atoms with Crippen LogP contribution < -0.4 is 25.4 Å². The van der Waals surface area contributed by atoms with Crippen LogP contribution in [-0.2, 0) is 46.5 Å². The van der Waals surface area contributed by atoms with E-state index in [1.54, 1.807) is 13.8 Å². The van der Waals surface area contributed by atoms with Crippen molar-refractivity contribution in [1.29, 1.82) is 0 Å². The molecule has 0 aliphatic carbocycles. The number of hydrogen-bond acceptors (Lipinski definition) is 15. The van der Waals surface area contributed by atoms with E-state index in [-0.39, 0.29) is 42.5 Å². The Labute approximate surface area is 346 Å². The summed E-state index contributed by atoms with van der Waals surface area (Å²) in [5, 5.41) is 49.4. The molecule has 0 bridgehead atoms. The summed E-state index contributed by atoms with van der Waals surface area (Å²) in [5.74, 6) is -2.67. The van der Waals surface area contributed by atoms with E-state index in [1.165, 1.54) is 18.2 Å². The van der Waals surface area contributed by atoms with Gasteiger partial charge in [0, 0.05) is 19.1 Å². The molecule has 2 unspecified atom stereocenters. The molecule has 1 saturated heterocycles. The number of likely N-dealkylation sites (N-methyl/N-ethyl adjacent to an activating group) is 1. The van der Waals surface area contributed by atoms with Gasteiger partial charge >= 0.3 is 17.9 Å². The SMILES string of the molecule is CNCCOC(C)Oc1ccc(COC(=O)C(C)(C)CC(C)NCCCCCNC(=O)c2cc(COC(=O)C(C)C)ccc2O[C@H]2O[C@H](C(=O)O)[C@@H](O)[C@H](O)[C@H]2O)cc1. The third-order valence-electron chi connectivity index (χ3n) is 9.50. The Bertz CT molecular complexity index is 1640. The van der Waals surface area contributed by atoms with Gasteiger partial charge in [0.2, 0.25) is 6.29 Å². The Balaban J connectivity index is 1.45. The first-order chi connectivity index (χ1) is 27.9. The van der Waals surface area contributed by atoms with Crippen LogP contribution in [0.15, 0.2) is 42.5 Å². The normalized spacial score (nSPS) is 20.4. The smallest absolute Gasteiger partial charge is 0.335 e. The predicted octanol–water partition coefficient (Wildman–Crippen LogP) is 2.66. The summed E-state index contributed by atoms with van der Waals surface area (Å²) in [7, 11) is 1.85. The lowest BCUT2D eigenvalue weighted by Gasteiger charge is -2.38. The van der Waals surface area contributed by atoms with E-state index >= 15 is 0 Å². The van der Waals surface area contributed by atoms with Crippen LogP contribution in [0.25, 0.3) is 0 Å². The molecule has 1 heterocycles. The van der Waals surface area contributed by atoms with Crippen molar-refractivity contribution in [3.8, 4) is 11.5 Å². The molecule has 330 valence electrons. The average Bonchev–Trinajstić information content (AvgIpc) is 3.19. The second-order valence-corrected chi connectivity index (χ2v) is 15.6. The van der Waals surface area contributed by atoms with Crippen molar-refractivity contribution in [2.45, 2.75) is 123 Å². The van der Waals surface area contributed by atoms with Crippen molar-refractivity contribution in [1.82, 2.24) is 16.0 Å². The molecule has 1 aliphatic rings. The minimum Gasteiger partial charge on any atom is -0.479 e. The molecule has 7 atom stereocenters. The maximum Gasteiger partial charge on any atom is 0.335 e. The van der Waals surface area contributed by atoms with Crippen LogP contribution in [-0.4, -0.2) is 121 Å². The van der Waals surface area contributed by atoms with Crippen LogP contribution >= 0.6 is 0 Å². The number of hydrogen-bond donors (Lipinski definition) is 7. The minimum absolute atomic E-state index is 0.0116. The molecule has 7 N–H and O–H groups in total. The summed E-state index contributed by atoms with van der Waals surface area (Å²) in [5.41, 5.74) is 0.565. The van der Waals surface area contributed by atoms with Gasteiger partial charge in [-0.3, -0.25) is 14.4 Å². The Morgan fingerprint density at radius 1 is 0.831 bits per heavy atom. The number of amides is 1. The van der Waals surface area contributed by atoms with E-state index in [4.69, 9.17) is 28.4 Å². The number of benzene rings is 2. The van der Waals surface area contributed by atoms with E-state index in [2.05, 4.69) is 16.0 Å². The zero-order valence-corrected chi connectivity index (χ0v) is 35.1. The fraction of sp³-hybridized carbons (Fsp3) is 0.619. The van der Waals surface area contributed by atoms with E-state index < -0.39 is 60.3 Å². The molecule has 17 nitrogen and oxygen atoms in total. The Hall–Kier alpha value is -4.36. The maximum absolute atomic E-state index is 13.4. The lowest BCUT2D eigenvalue weighted by atomic mass is 9.86. The van der Waals surface area contributed by atoms with Gasteiger partial charge in [0.15, 0.2) is 12.4 Å². The first kappa shape index (κ1) is 49.0. The van der Waals surface area contributed by atoms with Crippen LogP contribution in [0.1, 0.15) is 88.7 Å². The van der Waals surface area contributed by atoms with Gasteiger partial charge in [-0.05, 0) is 95.9 Å². The minimum atomic E-state index is -1.91. The van der Waals surface area contributed by atoms with E-state index in [0.29, 0.717) is 43.9 Å². The van der Waals surface area contributed by atoms with Crippen LogP contribution in [0, 0.1) is 11.3 Å². The van der Waals surface area contributed by atoms with Crippen LogP contribution in [0.5, 0.6) is 11.5 Å².